The summed E-state index contributed by atoms with van der Waals surface area (Å²) in [7, 11) is 1.21. The fourth-order valence-corrected chi connectivity index (χ4v) is 1.92. The van der Waals surface area contributed by atoms with Gasteiger partial charge < -0.3 is 19.3 Å². The minimum Gasteiger partial charge on any atom is -0.467 e. The van der Waals surface area contributed by atoms with Crippen LogP contribution in [0.25, 0.3) is 0 Å². The summed E-state index contributed by atoms with van der Waals surface area (Å²) < 4.78 is 15.3. The fraction of sp³-hybridized carbons (Fsp3) is 0.300. The third-order valence-corrected chi connectivity index (χ3v) is 2.90. The number of aliphatic hydroxyl groups is 1. The zero-order valence-electron chi connectivity index (χ0n) is 8.40. The number of ether oxygens (including phenoxy) is 3. The first-order valence-corrected chi connectivity index (χ1v) is 5.27. The predicted octanol–water partition coefficient (Wildman–Crippen LogP) is 1.38. The van der Waals surface area contributed by atoms with Crippen molar-refractivity contribution in [1.29, 1.82) is 0 Å². The van der Waals surface area contributed by atoms with Gasteiger partial charge in [-0.25, -0.2) is 4.79 Å². The van der Waals surface area contributed by atoms with Crippen LogP contribution in [0, 0.1) is 0 Å². The molecule has 1 aliphatic rings. The van der Waals surface area contributed by atoms with Crippen molar-refractivity contribution in [3.05, 3.63) is 22.2 Å². The number of hydrogen-bond acceptors (Lipinski definition) is 5. The van der Waals surface area contributed by atoms with Gasteiger partial charge in [-0.1, -0.05) is 15.9 Å². The lowest BCUT2D eigenvalue weighted by atomic mass is 10.1. The monoisotopic (exact) mass is 288 g/mol. The largest absolute Gasteiger partial charge is 0.467 e. The number of rotatable bonds is 2. The number of benzene rings is 1. The molecule has 0 saturated heterocycles. The van der Waals surface area contributed by atoms with Crippen LogP contribution in [0.2, 0.25) is 0 Å². The molecule has 16 heavy (non-hydrogen) atoms. The molecule has 0 saturated carbocycles. The Hall–Kier alpha value is -1.27. The standard InChI is InChI=1S/C10H9BrO5/c1-14-10(13)9(12)5-2-7-8(3-6(5)11)16-4-15-7/h2-3,9,12H,4H2,1H3. The van der Waals surface area contributed by atoms with E-state index in [0.29, 0.717) is 21.5 Å². The molecule has 0 amide bonds. The summed E-state index contributed by atoms with van der Waals surface area (Å²) in [5.41, 5.74) is 0.385. The summed E-state index contributed by atoms with van der Waals surface area (Å²) in [5, 5.41) is 9.70. The van der Waals surface area contributed by atoms with Crippen molar-refractivity contribution in [1.82, 2.24) is 0 Å². The molecular weight excluding hydrogens is 280 g/mol. The predicted molar refractivity (Wildman–Crippen MR) is 57.2 cm³/mol. The van der Waals surface area contributed by atoms with E-state index < -0.39 is 12.1 Å². The fourth-order valence-electron chi connectivity index (χ4n) is 1.38. The third kappa shape index (κ3) is 1.85. The zero-order valence-corrected chi connectivity index (χ0v) is 9.98. The van der Waals surface area contributed by atoms with Crippen LogP contribution in [0.1, 0.15) is 11.7 Å². The number of halogens is 1. The molecule has 1 aliphatic heterocycles. The minimum absolute atomic E-state index is 0.138. The van der Waals surface area contributed by atoms with Crippen LogP contribution >= 0.6 is 15.9 Å². The number of carbonyl (C=O) groups excluding carboxylic acids is 1. The van der Waals surface area contributed by atoms with E-state index in [1.165, 1.54) is 7.11 Å². The van der Waals surface area contributed by atoms with Gasteiger partial charge in [-0.15, -0.1) is 0 Å². The molecule has 1 unspecified atom stereocenters. The first-order chi connectivity index (χ1) is 7.63. The highest BCUT2D eigenvalue weighted by Crippen LogP contribution is 2.39. The highest BCUT2D eigenvalue weighted by Gasteiger charge is 2.24. The van der Waals surface area contributed by atoms with Crippen molar-refractivity contribution in [2.24, 2.45) is 0 Å². The number of carbonyl (C=O) groups is 1. The molecule has 6 heteroatoms. The first kappa shape index (κ1) is 11.2. The topological polar surface area (TPSA) is 65.0 Å². The Morgan fingerprint density at radius 1 is 1.50 bits per heavy atom. The molecule has 0 radical (unpaired) electrons. The van der Waals surface area contributed by atoms with Gasteiger partial charge in [0.2, 0.25) is 6.79 Å². The molecule has 1 heterocycles. The highest BCUT2D eigenvalue weighted by molar-refractivity contribution is 9.10. The van der Waals surface area contributed by atoms with Crippen molar-refractivity contribution in [2.75, 3.05) is 13.9 Å². The summed E-state index contributed by atoms with van der Waals surface area (Å²) in [4.78, 5) is 11.2. The Labute approximate surface area is 100 Å². The van der Waals surface area contributed by atoms with Gasteiger partial charge in [-0.3, -0.25) is 0 Å². The van der Waals surface area contributed by atoms with Gasteiger partial charge in [0.1, 0.15) is 0 Å². The lowest BCUT2D eigenvalue weighted by molar-refractivity contribution is -0.150. The number of methoxy groups -OCH3 is 1. The molecule has 86 valence electrons. The van der Waals surface area contributed by atoms with Gasteiger partial charge in [-0.2, -0.15) is 0 Å². The zero-order chi connectivity index (χ0) is 11.7. The quantitative estimate of drug-likeness (QED) is 0.833. The maximum absolute atomic E-state index is 11.2. The average Bonchev–Trinajstić information content (AvgIpc) is 2.72. The van der Waals surface area contributed by atoms with Gasteiger partial charge >= 0.3 is 5.97 Å². The van der Waals surface area contributed by atoms with Gasteiger partial charge in [0.05, 0.1) is 7.11 Å². The maximum Gasteiger partial charge on any atom is 0.339 e. The average molecular weight is 289 g/mol. The van der Waals surface area contributed by atoms with Crippen LogP contribution in [0.3, 0.4) is 0 Å². The second-order valence-corrected chi connectivity index (χ2v) is 4.01. The summed E-state index contributed by atoms with van der Waals surface area (Å²) in [6, 6.07) is 3.19. The number of esters is 1. The Morgan fingerprint density at radius 3 is 2.75 bits per heavy atom. The molecule has 0 bridgehead atoms. The van der Waals surface area contributed by atoms with E-state index in [0.717, 1.165) is 0 Å². The normalized spacial score (nSPS) is 14.7. The minimum atomic E-state index is -1.34. The first-order valence-electron chi connectivity index (χ1n) is 4.48. The number of fused-ring (bicyclic) bond motifs is 1. The van der Waals surface area contributed by atoms with Gasteiger partial charge in [0.15, 0.2) is 17.6 Å². The second kappa shape index (κ2) is 4.31. The molecule has 0 aromatic heterocycles. The van der Waals surface area contributed by atoms with E-state index in [1.807, 2.05) is 0 Å². The lowest BCUT2D eigenvalue weighted by Gasteiger charge is -2.11. The Kier molecular flexibility index (Phi) is 3.02. The van der Waals surface area contributed by atoms with Crippen LogP contribution in [0.15, 0.2) is 16.6 Å². The number of hydrogen-bond donors (Lipinski definition) is 1. The Bertz CT molecular complexity index is 431. The molecular formula is C10H9BrO5. The highest BCUT2D eigenvalue weighted by atomic mass is 79.9. The summed E-state index contributed by atoms with van der Waals surface area (Å²) in [6.45, 7) is 0.138. The van der Waals surface area contributed by atoms with Crippen LogP contribution in [0.5, 0.6) is 11.5 Å². The van der Waals surface area contributed by atoms with Gasteiger partial charge in [-0.05, 0) is 12.1 Å². The number of aliphatic hydroxyl groups excluding tert-OH is 1. The molecule has 0 fully saturated rings. The molecule has 1 atom stereocenters. The molecule has 0 aliphatic carbocycles. The lowest BCUT2D eigenvalue weighted by Crippen LogP contribution is -2.13. The second-order valence-electron chi connectivity index (χ2n) is 3.15. The van der Waals surface area contributed by atoms with Crippen LogP contribution in [0.4, 0.5) is 0 Å². The Morgan fingerprint density at radius 2 is 2.12 bits per heavy atom. The summed E-state index contributed by atoms with van der Waals surface area (Å²) in [6.07, 6.45) is -1.34. The van der Waals surface area contributed by atoms with Gasteiger partial charge in [0, 0.05) is 10.0 Å². The van der Waals surface area contributed by atoms with E-state index in [4.69, 9.17) is 9.47 Å². The van der Waals surface area contributed by atoms with Crippen molar-refractivity contribution < 1.29 is 24.1 Å². The Balaban J connectivity index is 2.38. The van der Waals surface area contributed by atoms with Crippen LogP contribution < -0.4 is 9.47 Å². The maximum atomic E-state index is 11.2. The summed E-state index contributed by atoms with van der Waals surface area (Å²) in [5.74, 6) is 0.355. The van der Waals surface area contributed by atoms with E-state index in [1.54, 1.807) is 12.1 Å². The van der Waals surface area contributed by atoms with Crippen LogP contribution in [-0.2, 0) is 9.53 Å². The van der Waals surface area contributed by atoms with Crippen LogP contribution in [-0.4, -0.2) is 25.0 Å². The van der Waals surface area contributed by atoms with Gasteiger partial charge in [0.25, 0.3) is 0 Å². The third-order valence-electron chi connectivity index (χ3n) is 2.21. The summed E-state index contributed by atoms with van der Waals surface area (Å²) >= 11 is 3.24. The molecule has 1 N–H and O–H groups in total. The molecule has 0 spiro atoms. The van der Waals surface area contributed by atoms with Crippen molar-refractivity contribution in [3.8, 4) is 11.5 Å². The van der Waals surface area contributed by atoms with Crippen molar-refractivity contribution >= 4 is 21.9 Å². The van der Waals surface area contributed by atoms with Crippen molar-refractivity contribution in [2.45, 2.75) is 6.10 Å². The van der Waals surface area contributed by atoms with E-state index in [9.17, 15) is 9.90 Å². The van der Waals surface area contributed by atoms with E-state index in [-0.39, 0.29) is 6.79 Å². The SMILES string of the molecule is COC(=O)C(O)c1cc2c(cc1Br)OCO2. The molecule has 1 aromatic carbocycles. The molecule has 5 nitrogen and oxygen atoms in total. The van der Waals surface area contributed by atoms with E-state index >= 15 is 0 Å². The molecule has 2 rings (SSSR count). The molecule has 1 aromatic rings. The smallest absolute Gasteiger partial charge is 0.339 e. The van der Waals surface area contributed by atoms with E-state index in [2.05, 4.69) is 20.7 Å². The van der Waals surface area contributed by atoms with Crippen molar-refractivity contribution in [3.63, 3.8) is 0 Å².